The molecule has 1 N–H and O–H groups in total. The minimum absolute atomic E-state index is 0.0648. The zero-order chi connectivity index (χ0) is 9.10. The molecule has 0 aromatic carbocycles. The molecule has 0 saturated carbocycles. The van der Waals surface area contributed by atoms with Gasteiger partial charge in [0, 0.05) is 13.1 Å². The maximum absolute atomic E-state index is 8.92. The summed E-state index contributed by atoms with van der Waals surface area (Å²) >= 11 is 1.51. The Morgan fingerprint density at radius 3 is 3.38 bits per heavy atom. The SMILES string of the molecule is OCC1CN(c2nncs2)CCO1. The maximum Gasteiger partial charge on any atom is 0.208 e. The van der Waals surface area contributed by atoms with E-state index in [2.05, 4.69) is 15.1 Å². The molecule has 1 aromatic rings. The van der Waals surface area contributed by atoms with E-state index in [1.807, 2.05) is 0 Å². The summed E-state index contributed by atoms with van der Waals surface area (Å²) in [7, 11) is 0. The first-order valence-corrected chi connectivity index (χ1v) is 5.01. The number of hydrogen-bond acceptors (Lipinski definition) is 6. The lowest BCUT2D eigenvalue weighted by atomic mass is 10.3. The van der Waals surface area contributed by atoms with Gasteiger partial charge >= 0.3 is 0 Å². The lowest BCUT2D eigenvalue weighted by Gasteiger charge is -2.31. The van der Waals surface area contributed by atoms with Gasteiger partial charge in [0.1, 0.15) is 5.51 Å². The topological polar surface area (TPSA) is 58.5 Å². The van der Waals surface area contributed by atoms with Crippen LogP contribution in [0.1, 0.15) is 0 Å². The lowest BCUT2D eigenvalue weighted by molar-refractivity contribution is 0.00353. The highest BCUT2D eigenvalue weighted by Crippen LogP contribution is 2.18. The summed E-state index contributed by atoms with van der Waals surface area (Å²) in [5.41, 5.74) is 1.71. The van der Waals surface area contributed by atoms with Gasteiger partial charge in [-0.05, 0) is 0 Å². The van der Waals surface area contributed by atoms with E-state index in [0.717, 1.165) is 11.7 Å². The van der Waals surface area contributed by atoms with Crippen LogP contribution in [0.2, 0.25) is 0 Å². The van der Waals surface area contributed by atoms with Gasteiger partial charge in [-0.3, -0.25) is 0 Å². The van der Waals surface area contributed by atoms with Crippen LogP contribution in [-0.4, -0.2) is 47.7 Å². The highest BCUT2D eigenvalue weighted by atomic mass is 32.1. The molecule has 0 bridgehead atoms. The minimum Gasteiger partial charge on any atom is -0.394 e. The van der Waals surface area contributed by atoms with Crippen molar-refractivity contribution in [2.75, 3.05) is 31.2 Å². The van der Waals surface area contributed by atoms with Crippen molar-refractivity contribution >= 4 is 16.5 Å². The van der Waals surface area contributed by atoms with Crippen molar-refractivity contribution in [3.8, 4) is 0 Å². The van der Waals surface area contributed by atoms with Crippen molar-refractivity contribution in [2.24, 2.45) is 0 Å². The smallest absolute Gasteiger partial charge is 0.208 e. The van der Waals surface area contributed by atoms with E-state index < -0.39 is 0 Å². The number of aliphatic hydroxyl groups excluding tert-OH is 1. The van der Waals surface area contributed by atoms with E-state index in [1.165, 1.54) is 11.3 Å². The standard InChI is InChI=1S/C7H11N3O2S/c11-4-6-3-10(1-2-12-6)7-9-8-5-13-7/h5-6,11H,1-4H2. The van der Waals surface area contributed by atoms with Crippen molar-refractivity contribution in [3.63, 3.8) is 0 Å². The fourth-order valence-corrected chi connectivity index (χ4v) is 1.91. The summed E-state index contributed by atoms with van der Waals surface area (Å²) in [6, 6.07) is 0. The van der Waals surface area contributed by atoms with Crippen molar-refractivity contribution in [3.05, 3.63) is 5.51 Å². The summed E-state index contributed by atoms with van der Waals surface area (Å²) in [4.78, 5) is 2.09. The Morgan fingerprint density at radius 1 is 1.77 bits per heavy atom. The van der Waals surface area contributed by atoms with Crippen LogP contribution in [0.4, 0.5) is 5.13 Å². The molecule has 13 heavy (non-hydrogen) atoms. The molecule has 5 nitrogen and oxygen atoms in total. The first kappa shape index (κ1) is 8.86. The quantitative estimate of drug-likeness (QED) is 0.714. The van der Waals surface area contributed by atoms with E-state index in [9.17, 15) is 0 Å². The largest absolute Gasteiger partial charge is 0.394 e. The molecule has 2 rings (SSSR count). The van der Waals surface area contributed by atoms with E-state index in [0.29, 0.717) is 13.2 Å². The molecular weight excluding hydrogens is 190 g/mol. The van der Waals surface area contributed by atoms with Crippen LogP contribution in [0.25, 0.3) is 0 Å². The number of nitrogens with zero attached hydrogens (tertiary/aromatic N) is 3. The third-order valence-electron chi connectivity index (χ3n) is 1.96. The van der Waals surface area contributed by atoms with Crippen LogP contribution in [0, 0.1) is 0 Å². The highest BCUT2D eigenvalue weighted by molar-refractivity contribution is 7.13. The van der Waals surface area contributed by atoms with Gasteiger partial charge in [0.05, 0.1) is 19.3 Å². The zero-order valence-corrected chi connectivity index (χ0v) is 7.90. The van der Waals surface area contributed by atoms with Crippen LogP contribution < -0.4 is 4.90 Å². The third kappa shape index (κ3) is 1.96. The second-order valence-electron chi connectivity index (χ2n) is 2.84. The fourth-order valence-electron chi connectivity index (χ4n) is 1.31. The van der Waals surface area contributed by atoms with Gasteiger partial charge in [0.25, 0.3) is 0 Å². The Morgan fingerprint density at radius 2 is 2.69 bits per heavy atom. The number of hydrogen-bond donors (Lipinski definition) is 1. The number of aliphatic hydroxyl groups is 1. The van der Waals surface area contributed by atoms with Gasteiger partial charge in [-0.25, -0.2) is 0 Å². The molecule has 72 valence electrons. The molecular formula is C7H11N3O2S. The predicted octanol–water partition coefficient (Wildman–Crippen LogP) is -0.264. The zero-order valence-electron chi connectivity index (χ0n) is 7.09. The average Bonchev–Trinajstić information content (AvgIpc) is 2.71. The van der Waals surface area contributed by atoms with Crippen LogP contribution in [0.5, 0.6) is 0 Å². The van der Waals surface area contributed by atoms with Crippen LogP contribution >= 0.6 is 11.3 Å². The number of ether oxygens (including phenoxy) is 1. The van der Waals surface area contributed by atoms with Gasteiger partial charge in [0.15, 0.2) is 0 Å². The van der Waals surface area contributed by atoms with Crippen molar-refractivity contribution in [2.45, 2.75) is 6.10 Å². The van der Waals surface area contributed by atoms with Crippen LogP contribution in [-0.2, 0) is 4.74 Å². The monoisotopic (exact) mass is 201 g/mol. The normalized spacial score (nSPS) is 23.5. The van der Waals surface area contributed by atoms with Crippen molar-refractivity contribution < 1.29 is 9.84 Å². The Balaban J connectivity index is 2.00. The Kier molecular flexibility index (Phi) is 2.72. The van der Waals surface area contributed by atoms with Crippen LogP contribution in [0.3, 0.4) is 0 Å². The Labute approximate surface area is 80.0 Å². The lowest BCUT2D eigenvalue weighted by Crippen LogP contribution is -2.44. The molecule has 2 heterocycles. The molecule has 6 heteroatoms. The van der Waals surface area contributed by atoms with Gasteiger partial charge in [-0.2, -0.15) is 0 Å². The van der Waals surface area contributed by atoms with E-state index in [4.69, 9.17) is 9.84 Å². The molecule has 0 radical (unpaired) electrons. The van der Waals surface area contributed by atoms with Gasteiger partial charge in [0.2, 0.25) is 5.13 Å². The average molecular weight is 201 g/mol. The van der Waals surface area contributed by atoms with E-state index in [1.54, 1.807) is 5.51 Å². The van der Waals surface area contributed by atoms with Crippen LogP contribution in [0.15, 0.2) is 5.51 Å². The molecule has 1 unspecified atom stereocenters. The number of aromatic nitrogens is 2. The second kappa shape index (κ2) is 3.99. The second-order valence-corrected chi connectivity index (χ2v) is 3.65. The van der Waals surface area contributed by atoms with E-state index >= 15 is 0 Å². The van der Waals surface area contributed by atoms with E-state index in [-0.39, 0.29) is 12.7 Å². The van der Waals surface area contributed by atoms with Gasteiger partial charge in [-0.1, -0.05) is 11.3 Å². The van der Waals surface area contributed by atoms with Crippen molar-refractivity contribution in [1.29, 1.82) is 0 Å². The molecule has 1 atom stereocenters. The predicted molar refractivity (Wildman–Crippen MR) is 48.9 cm³/mol. The third-order valence-corrected chi connectivity index (χ3v) is 2.71. The molecule has 1 saturated heterocycles. The molecule has 1 aliphatic rings. The Hall–Kier alpha value is -0.720. The summed E-state index contributed by atoms with van der Waals surface area (Å²) in [6.07, 6.45) is -0.0855. The molecule has 1 fully saturated rings. The molecule has 0 aliphatic carbocycles. The number of anilines is 1. The minimum atomic E-state index is -0.0855. The molecule has 1 aliphatic heterocycles. The molecule has 0 spiro atoms. The first-order valence-electron chi connectivity index (χ1n) is 4.13. The highest BCUT2D eigenvalue weighted by Gasteiger charge is 2.21. The van der Waals surface area contributed by atoms with Gasteiger partial charge < -0.3 is 14.7 Å². The molecule has 0 amide bonds. The maximum atomic E-state index is 8.92. The molecule has 1 aromatic heterocycles. The number of rotatable bonds is 2. The summed E-state index contributed by atoms with van der Waals surface area (Å²) in [5, 5.41) is 17.6. The fraction of sp³-hybridized carbons (Fsp3) is 0.714. The first-order chi connectivity index (χ1) is 6.40. The Bertz CT molecular complexity index is 254. The summed E-state index contributed by atoms with van der Waals surface area (Å²) in [6.45, 7) is 2.23. The van der Waals surface area contributed by atoms with Crippen molar-refractivity contribution in [1.82, 2.24) is 10.2 Å². The number of morpholine rings is 1. The summed E-state index contributed by atoms with van der Waals surface area (Å²) < 4.78 is 5.32. The summed E-state index contributed by atoms with van der Waals surface area (Å²) in [5.74, 6) is 0. The van der Waals surface area contributed by atoms with Gasteiger partial charge in [-0.15, -0.1) is 10.2 Å².